The lowest BCUT2D eigenvalue weighted by Crippen LogP contribution is -2.41. The summed E-state index contributed by atoms with van der Waals surface area (Å²) in [5.41, 5.74) is 0.271. The van der Waals surface area contributed by atoms with Crippen molar-refractivity contribution in [1.82, 2.24) is 5.32 Å². The van der Waals surface area contributed by atoms with Crippen molar-refractivity contribution in [2.75, 3.05) is 0 Å². The molecule has 20 heavy (non-hydrogen) atoms. The smallest absolute Gasteiger partial charge is 0.326 e. The van der Waals surface area contributed by atoms with E-state index in [0.717, 1.165) is 0 Å². The molecule has 108 valence electrons. The Hall–Kier alpha value is -1.41. The Labute approximate surface area is 131 Å². The fourth-order valence-corrected chi connectivity index (χ4v) is 2.75. The van der Waals surface area contributed by atoms with Gasteiger partial charge in [-0.3, -0.25) is 9.59 Å². The minimum Gasteiger partial charge on any atom is -0.481 e. The van der Waals surface area contributed by atoms with Crippen molar-refractivity contribution >= 4 is 49.7 Å². The first-order chi connectivity index (χ1) is 9.29. The summed E-state index contributed by atoms with van der Waals surface area (Å²) in [6.45, 7) is 0. The molecule has 8 heteroatoms. The van der Waals surface area contributed by atoms with Crippen LogP contribution in [0.3, 0.4) is 0 Å². The molecule has 0 saturated carbocycles. The standard InChI is InChI=1S/C12H11Br2NO5/c13-7-3-6(4-8(14)5-7)11(18)15-9(12(19)20)1-2-10(16)17/h3-5,9H,1-2H2,(H,15,18)(H,16,17)(H,19,20)/t9-/m1/s1. The zero-order valence-electron chi connectivity index (χ0n) is 10.1. The molecule has 0 radical (unpaired) electrons. The van der Waals surface area contributed by atoms with Gasteiger partial charge >= 0.3 is 11.9 Å². The molecule has 0 bridgehead atoms. The molecular formula is C12H11Br2NO5. The lowest BCUT2D eigenvalue weighted by Gasteiger charge is -2.13. The number of amides is 1. The fourth-order valence-electron chi connectivity index (χ4n) is 1.45. The van der Waals surface area contributed by atoms with Crippen LogP contribution in [0.4, 0.5) is 0 Å². The molecule has 1 atom stereocenters. The molecule has 0 aliphatic carbocycles. The summed E-state index contributed by atoms with van der Waals surface area (Å²) in [7, 11) is 0. The van der Waals surface area contributed by atoms with Gasteiger partial charge in [0.1, 0.15) is 6.04 Å². The van der Waals surface area contributed by atoms with E-state index in [4.69, 9.17) is 10.2 Å². The van der Waals surface area contributed by atoms with Crippen LogP contribution < -0.4 is 5.32 Å². The molecule has 0 unspecified atom stereocenters. The van der Waals surface area contributed by atoms with Crippen molar-refractivity contribution in [3.05, 3.63) is 32.7 Å². The van der Waals surface area contributed by atoms with E-state index in [1.807, 2.05) is 0 Å². The van der Waals surface area contributed by atoms with Gasteiger partial charge in [0, 0.05) is 20.9 Å². The second-order valence-corrected chi connectivity index (χ2v) is 5.79. The lowest BCUT2D eigenvalue weighted by atomic mass is 10.1. The first-order valence-electron chi connectivity index (χ1n) is 5.51. The Morgan fingerprint density at radius 2 is 1.65 bits per heavy atom. The van der Waals surface area contributed by atoms with E-state index in [0.29, 0.717) is 8.95 Å². The summed E-state index contributed by atoms with van der Waals surface area (Å²) in [5, 5.41) is 19.8. The zero-order valence-corrected chi connectivity index (χ0v) is 13.3. The van der Waals surface area contributed by atoms with E-state index in [1.54, 1.807) is 6.07 Å². The lowest BCUT2D eigenvalue weighted by molar-refractivity contribution is -0.140. The highest BCUT2D eigenvalue weighted by Gasteiger charge is 2.21. The summed E-state index contributed by atoms with van der Waals surface area (Å²) >= 11 is 6.44. The van der Waals surface area contributed by atoms with Gasteiger partial charge in [0.25, 0.3) is 5.91 Å². The largest absolute Gasteiger partial charge is 0.481 e. The van der Waals surface area contributed by atoms with E-state index < -0.39 is 23.9 Å². The second kappa shape index (κ2) is 7.39. The number of aliphatic carboxylic acids is 2. The molecule has 6 nitrogen and oxygen atoms in total. The van der Waals surface area contributed by atoms with Crippen LogP contribution in [0.5, 0.6) is 0 Å². The van der Waals surface area contributed by atoms with Gasteiger partial charge in [-0.25, -0.2) is 4.79 Å². The van der Waals surface area contributed by atoms with Gasteiger partial charge in [-0.05, 0) is 24.6 Å². The topological polar surface area (TPSA) is 104 Å². The Morgan fingerprint density at radius 1 is 1.10 bits per heavy atom. The van der Waals surface area contributed by atoms with Crippen molar-refractivity contribution < 1.29 is 24.6 Å². The minimum absolute atomic E-state index is 0.175. The number of hydrogen-bond acceptors (Lipinski definition) is 3. The Balaban J connectivity index is 2.79. The number of nitrogens with one attached hydrogen (secondary N) is 1. The molecule has 0 aromatic heterocycles. The van der Waals surface area contributed by atoms with Crippen molar-refractivity contribution in [2.24, 2.45) is 0 Å². The summed E-state index contributed by atoms with van der Waals surface area (Å²) in [6, 6.07) is 3.57. The summed E-state index contributed by atoms with van der Waals surface area (Å²) in [6.07, 6.45) is -0.509. The maximum Gasteiger partial charge on any atom is 0.326 e. The minimum atomic E-state index is -1.27. The number of carbonyl (C=O) groups is 3. The molecule has 1 amide bonds. The van der Waals surface area contributed by atoms with Crippen molar-refractivity contribution in [3.63, 3.8) is 0 Å². The highest BCUT2D eigenvalue weighted by molar-refractivity contribution is 9.11. The number of benzene rings is 1. The third-order valence-electron chi connectivity index (χ3n) is 2.38. The van der Waals surface area contributed by atoms with Crippen LogP contribution in [0.15, 0.2) is 27.1 Å². The van der Waals surface area contributed by atoms with Gasteiger partial charge in [-0.2, -0.15) is 0 Å². The number of halogens is 2. The molecule has 0 heterocycles. The number of hydrogen-bond donors (Lipinski definition) is 3. The molecule has 0 fully saturated rings. The van der Waals surface area contributed by atoms with Gasteiger partial charge < -0.3 is 15.5 Å². The van der Waals surface area contributed by atoms with Crippen molar-refractivity contribution in [3.8, 4) is 0 Å². The molecule has 1 aromatic carbocycles. The predicted octanol–water partition coefficient (Wildman–Crippen LogP) is 2.26. The van der Waals surface area contributed by atoms with E-state index in [9.17, 15) is 14.4 Å². The summed E-state index contributed by atoms with van der Waals surface area (Å²) in [5.74, 6) is -2.96. The van der Waals surface area contributed by atoms with Gasteiger partial charge in [0.15, 0.2) is 0 Å². The summed E-state index contributed by atoms with van der Waals surface area (Å²) < 4.78 is 1.32. The van der Waals surface area contributed by atoms with Crippen LogP contribution in [-0.2, 0) is 9.59 Å². The molecule has 0 spiro atoms. The first-order valence-corrected chi connectivity index (χ1v) is 7.09. The van der Waals surface area contributed by atoms with Crippen LogP contribution >= 0.6 is 31.9 Å². The number of rotatable bonds is 6. The average molecular weight is 409 g/mol. The van der Waals surface area contributed by atoms with E-state index in [-0.39, 0.29) is 18.4 Å². The van der Waals surface area contributed by atoms with E-state index >= 15 is 0 Å². The zero-order chi connectivity index (χ0) is 15.3. The quantitative estimate of drug-likeness (QED) is 0.669. The Morgan fingerprint density at radius 3 is 2.10 bits per heavy atom. The van der Waals surface area contributed by atoms with Crippen molar-refractivity contribution in [2.45, 2.75) is 18.9 Å². The second-order valence-electron chi connectivity index (χ2n) is 3.95. The monoisotopic (exact) mass is 407 g/mol. The number of carboxylic acid groups (broad SMARTS) is 2. The Kier molecular flexibility index (Phi) is 6.15. The fraction of sp³-hybridized carbons (Fsp3) is 0.250. The van der Waals surface area contributed by atoms with Crippen LogP contribution in [0.2, 0.25) is 0 Å². The van der Waals surface area contributed by atoms with Gasteiger partial charge in [0.2, 0.25) is 0 Å². The van der Waals surface area contributed by atoms with Crippen LogP contribution in [0.1, 0.15) is 23.2 Å². The third-order valence-corrected chi connectivity index (χ3v) is 3.29. The van der Waals surface area contributed by atoms with Crippen LogP contribution in [0.25, 0.3) is 0 Å². The molecule has 1 aromatic rings. The molecule has 1 rings (SSSR count). The van der Waals surface area contributed by atoms with E-state index in [1.165, 1.54) is 12.1 Å². The number of carbonyl (C=O) groups excluding carboxylic acids is 1. The maximum absolute atomic E-state index is 11.9. The third kappa shape index (κ3) is 5.30. The number of carboxylic acids is 2. The SMILES string of the molecule is O=C(O)CC[C@@H](NC(=O)c1cc(Br)cc(Br)c1)C(=O)O. The highest BCUT2D eigenvalue weighted by atomic mass is 79.9. The summed E-state index contributed by atoms with van der Waals surface area (Å²) in [4.78, 5) is 33.4. The maximum atomic E-state index is 11.9. The van der Waals surface area contributed by atoms with E-state index in [2.05, 4.69) is 37.2 Å². The molecule has 0 aliphatic rings. The van der Waals surface area contributed by atoms with Gasteiger partial charge in [0.05, 0.1) is 0 Å². The molecule has 3 N–H and O–H groups in total. The van der Waals surface area contributed by atoms with Crippen molar-refractivity contribution in [1.29, 1.82) is 0 Å². The normalized spacial score (nSPS) is 11.7. The van der Waals surface area contributed by atoms with Crippen LogP contribution in [-0.4, -0.2) is 34.1 Å². The molecule has 0 saturated heterocycles. The van der Waals surface area contributed by atoms with Gasteiger partial charge in [-0.15, -0.1) is 0 Å². The molecular weight excluding hydrogens is 398 g/mol. The predicted molar refractivity (Wildman–Crippen MR) is 77.6 cm³/mol. The highest BCUT2D eigenvalue weighted by Crippen LogP contribution is 2.20. The van der Waals surface area contributed by atoms with Gasteiger partial charge in [-0.1, -0.05) is 31.9 Å². The first kappa shape index (κ1) is 16.6. The van der Waals surface area contributed by atoms with Crippen LogP contribution in [0, 0.1) is 0 Å². The average Bonchev–Trinajstić information content (AvgIpc) is 2.32. The molecule has 0 aliphatic heterocycles. The Bertz CT molecular complexity index is 526.